The van der Waals surface area contributed by atoms with Gasteiger partial charge in [-0.05, 0) is 48.7 Å². The summed E-state index contributed by atoms with van der Waals surface area (Å²) in [6.07, 6.45) is 3.51. The van der Waals surface area contributed by atoms with Crippen LogP contribution in [0.5, 0.6) is 0 Å². The minimum atomic E-state index is -0.343. The molecule has 0 radical (unpaired) electrons. The first kappa shape index (κ1) is 21.9. The highest BCUT2D eigenvalue weighted by molar-refractivity contribution is 6.39. The molecule has 0 saturated carbocycles. The molecule has 3 aromatic rings. The lowest BCUT2D eigenvalue weighted by atomic mass is 9.86. The number of pyridine rings is 1. The highest BCUT2D eigenvalue weighted by Gasteiger charge is 2.24. The highest BCUT2D eigenvalue weighted by Crippen LogP contribution is 2.28. The second kappa shape index (κ2) is 9.82. The van der Waals surface area contributed by atoms with Crippen molar-refractivity contribution in [3.63, 3.8) is 0 Å². The minimum Gasteiger partial charge on any atom is -0.349 e. The van der Waals surface area contributed by atoms with E-state index in [1.807, 2.05) is 55.5 Å². The summed E-state index contributed by atoms with van der Waals surface area (Å²) in [6, 6.07) is 15.1. The maximum atomic E-state index is 12.8. The summed E-state index contributed by atoms with van der Waals surface area (Å²) in [7, 11) is 0. The van der Waals surface area contributed by atoms with E-state index in [1.54, 1.807) is 0 Å². The zero-order chi connectivity index (χ0) is 21.0. The van der Waals surface area contributed by atoms with Gasteiger partial charge >= 0.3 is 0 Å². The van der Waals surface area contributed by atoms with E-state index in [0.29, 0.717) is 16.5 Å². The molecule has 0 aliphatic heterocycles. The molecular formula is C22H18Cl4N2O. The van der Waals surface area contributed by atoms with Crippen LogP contribution in [0.3, 0.4) is 0 Å². The predicted octanol–water partition coefficient (Wildman–Crippen LogP) is 6.84. The molecule has 0 bridgehead atoms. The largest absolute Gasteiger partial charge is 0.349 e. The Bertz CT molecular complexity index is 970. The van der Waals surface area contributed by atoms with Crippen LogP contribution in [0.4, 0.5) is 0 Å². The van der Waals surface area contributed by atoms with Gasteiger partial charge in [0.1, 0.15) is 0 Å². The number of nitrogens with one attached hydrogen (secondary N) is 1. The van der Waals surface area contributed by atoms with Crippen LogP contribution in [0.2, 0.25) is 20.1 Å². The summed E-state index contributed by atoms with van der Waals surface area (Å²) in [4.78, 5) is 16.7. The summed E-state index contributed by atoms with van der Waals surface area (Å²) >= 11 is 24.3. The molecule has 3 nitrogen and oxygen atoms in total. The zero-order valence-electron chi connectivity index (χ0n) is 15.5. The van der Waals surface area contributed by atoms with Gasteiger partial charge in [0.15, 0.2) is 0 Å². The third kappa shape index (κ3) is 5.64. The van der Waals surface area contributed by atoms with Crippen molar-refractivity contribution >= 4 is 52.3 Å². The Labute approximate surface area is 190 Å². The van der Waals surface area contributed by atoms with Crippen molar-refractivity contribution in [1.82, 2.24) is 10.3 Å². The van der Waals surface area contributed by atoms with Crippen molar-refractivity contribution in [1.29, 1.82) is 0 Å². The summed E-state index contributed by atoms with van der Waals surface area (Å²) < 4.78 is 0. The van der Waals surface area contributed by atoms with Gasteiger partial charge in [0.05, 0.1) is 15.6 Å². The smallest absolute Gasteiger partial charge is 0.254 e. The number of hydrogen-bond acceptors (Lipinski definition) is 2. The third-order valence-corrected chi connectivity index (χ3v) is 5.79. The van der Waals surface area contributed by atoms with Crippen LogP contribution < -0.4 is 5.32 Å². The molecule has 0 unspecified atom stereocenters. The Kier molecular flexibility index (Phi) is 7.42. The number of nitrogens with zero attached hydrogens (tertiary/aromatic N) is 1. The maximum Gasteiger partial charge on any atom is 0.254 e. The van der Waals surface area contributed by atoms with Crippen molar-refractivity contribution in [2.24, 2.45) is 0 Å². The molecule has 0 fully saturated rings. The van der Waals surface area contributed by atoms with Crippen molar-refractivity contribution in [2.45, 2.75) is 25.3 Å². The lowest BCUT2D eigenvalue weighted by molar-refractivity contribution is 0.0934. The van der Waals surface area contributed by atoms with Crippen molar-refractivity contribution in [2.75, 3.05) is 0 Å². The number of aromatic nitrogens is 1. The minimum absolute atomic E-state index is 0.00298. The SMILES string of the molecule is C[C@@H](NC(=O)c1c(Cl)cncc1Cl)[C@H](Cc1ccc(Cl)cc1)c1ccc(Cl)cc1. The van der Waals surface area contributed by atoms with E-state index in [2.05, 4.69) is 10.3 Å². The van der Waals surface area contributed by atoms with Gasteiger partial charge in [-0.25, -0.2) is 0 Å². The Morgan fingerprint density at radius 1 is 0.897 bits per heavy atom. The number of benzene rings is 2. The van der Waals surface area contributed by atoms with E-state index in [0.717, 1.165) is 11.1 Å². The van der Waals surface area contributed by atoms with E-state index in [4.69, 9.17) is 46.4 Å². The molecule has 3 rings (SSSR count). The second-order valence-electron chi connectivity index (χ2n) is 6.73. The van der Waals surface area contributed by atoms with Gasteiger partial charge in [-0.2, -0.15) is 0 Å². The van der Waals surface area contributed by atoms with Crippen LogP contribution in [-0.4, -0.2) is 16.9 Å². The first-order chi connectivity index (χ1) is 13.8. The van der Waals surface area contributed by atoms with Crippen molar-refractivity contribution < 1.29 is 4.79 Å². The topological polar surface area (TPSA) is 42.0 Å². The fourth-order valence-corrected chi connectivity index (χ4v) is 3.96. The molecular weight excluding hydrogens is 450 g/mol. The number of halogens is 4. The van der Waals surface area contributed by atoms with Gasteiger partial charge in [0, 0.05) is 34.4 Å². The van der Waals surface area contributed by atoms with Gasteiger partial charge in [-0.1, -0.05) is 70.7 Å². The number of amides is 1. The fraction of sp³-hybridized carbons (Fsp3) is 0.182. The van der Waals surface area contributed by atoms with E-state index in [9.17, 15) is 4.79 Å². The third-order valence-electron chi connectivity index (χ3n) is 4.71. The van der Waals surface area contributed by atoms with Crippen LogP contribution in [0.1, 0.15) is 34.3 Å². The second-order valence-corrected chi connectivity index (χ2v) is 8.42. The molecule has 1 N–H and O–H groups in total. The molecule has 2 aromatic carbocycles. The lowest BCUT2D eigenvalue weighted by Gasteiger charge is -2.26. The quantitative estimate of drug-likeness (QED) is 0.431. The average molecular weight is 468 g/mol. The number of carbonyl (C=O) groups is 1. The van der Waals surface area contributed by atoms with Gasteiger partial charge in [-0.3, -0.25) is 9.78 Å². The van der Waals surface area contributed by atoms with Gasteiger partial charge in [-0.15, -0.1) is 0 Å². The zero-order valence-corrected chi connectivity index (χ0v) is 18.5. The van der Waals surface area contributed by atoms with Gasteiger partial charge < -0.3 is 5.32 Å². The number of carbonyl (C=O) groups excluding carboxylic acids is 1. The summed E-state index contributed by atoms with van der Waals surface area (Å²) in [5.74, 6) is -0.346. The van der Waals surface area contributed by atoms with Crippen LogP contribution >= 0.6 is 46.4 Å². The Morgan fingerprint density at radius 2 is 1.41 bits per heavy atom. The summed E-state index contributed by atoms with van der Waals surface area (Å²) in [5, 5.41) is 4.79. The lowest BCUT2D eigenvalue weighted by Crippen LogP contribution is -2.38. The number of rotatable bonds is 6. The Hall–Kier alpha value is -1.78. The van der Waals surface area contributed by atoms with Crippen molar-refractivity contribution in [3.05, 3.63) is 97.7 Å². The number of hydrogen-bond donors (Lipinski definition) is 1. The first-order valence-corrected chi connectivity index (χ1v) is 10.5. The maximum absolute atomic E-state index is 12.8. The molecule has 1 amide bonds. The summed E-state index contributed by atoms with van der Waals surface area (Å²) in [5.41, 5.74) is 2.39. The molecule has 7 heteroatoms. The standard InChI is InChI=1S/C22H18Cl4N2O/c1-13(28-22(29)21-19(25)11-27-12-20(21)26)18(15-4-8-17(24)9-5-15)10-14-2-6-16(23)7-3-14/h2-9,11-13,18H,10H2,1H3,(H,28,29)/t13-,18+/m1/s1. The molecule has 0 saturated heterocycles. The van der Waals surface area contributed by atoms with Gasteiger partial charge in [0.2, 0.25) is 0 Å². The van der Waals surface area contributed by atoms with Crippen molar-refractivity contribution in [3.8, 4) is 0 Å². The molecule has 0 aliphatic carbocycles. The van der Waals surface area contributed by atoms with E-state index >= 15 is 0 Å². The van der Waals surface area contributed by atoms with E-state index < -0.39 is 0 Å². The average Bonchev–Trinajstić information content (AvgIpc) is 2.68. The van der Waals surface area contributed by atoms with Crippen LogP contribution in [-0.2, 0) is 6.42 Å². The molecule has 29 heavy (non-hydrogen) atoms. The normalized spacial score (nSPS) is 13.0. The molecule has 2 atom stereocenters. The molecule has 150 valence electrons. The van der Waals surface area contributed by atoms with Crippen LogP contribution in [0, 0.1) is 0 Å². The Balaban J connectivity index is 1.87. The first-order valence-electron chi connectivity index (χ1n) is 8.95. The van der Waals surface area contributed by atoms with E-state index in [1.165, 1.54) is 12.4 Å². The molecule has 0 aliphatic rings. The summed E-state index contributed by atoms with van der Waals surface area (Å²) in [6.45, 7) is 1.95. The van der Waals surface area contributed by atoms with E-state index in [-0.39, 0.29) is 33.5 Å². The highest BCUT2D eigenvalue weighted by atomic mass is 35.5. The fourth-order valence-electron chi connectivity index (χ4n) is 3.18. The van der Waals surface area contributed by atoms with Gasteiger partial charge in [0.25, 0.3) is 5.91 Å². The van der Waals surface area contributed by atoms with Crippen LogP contribution in [0.15, 0.2) is 60.9 Å². The van der Waals surface area contributed by atoms with Crippen LogP contribution in [0.25, 0.3) is 0 Å². The molecule has 1 aromatic heterocycles. The monoisotopic (exact) mass is 466 g/mol. The molecule has 0 spiro atoms. The predicted molar refractivity (Wildman–Crippen MR) is 121 cm³/mol. The Morgan fingerprint density at radius 3 is 1.97 bits per heavy atom. The molecule has 1 heterocycles.